The van der Waals surface area contributed by atoms with Crippen molar-refractivity contribution < 1.29 is 33.7 Å². The summed E-state index contributed by atoms with van der Waals surface area (Å²) in [7, 11) is -16.0. The SMILES string of the molecule is Cc1ccc(S(=O)(=O)N2CCCN(Cc3ccccc3)CCCN(S(=O)(=O)c3ccc(C)cc3)CCCN(S(=O)(=O)c3ccc(C)cc3)CCCN(Cc3ccccc3)CCCN(S(=O)(=O)c3ccc(C)cc3)CCC2)cc1. The van der Waals surface area contributed by atoms with Crippen LogP contribution in [-0.2, 0) is 53.2 Å². The second kappa shape index (κ2) is 28.3. The number of sulfonamides is 4. The largest absolute Gasteiger partial charge is 0.299 e. The number of aryl methyl sites for hydroxylation is 4. The summed E-state index contributed by atoms with van der Waals surface area (Å²) in [5, 5.41) is 0. The van der Waals surface area contributed by atoms with Gasteiger partial charge in [-0.15, -0.1) is 0 Å². The predicted molar refractivity (Wildman–Crippen MR) is 311 cm³/mol. The topological polar surface area (TPSA) is 156 Å². The van der Waals surface area contributed by atoms with Gasteiger partial charge in [0, 0.05) is 65.4 Å². The molecular formula is C60H78N6O8S4. The van der Waals surface area contributed by atoms with Crippen LogP contribution in [0, 0.1) is 27.7 Å². The fourth-order valence-electron chi connectivity index (χ4n) is 9.80. The molecule has 0 amide bonds. The molecule has 0 radical (unpaired) electrons. The number of nitrogens with zero attached hydrogens (tertiary/aromatic N) is 6. The van der Waals surface area contributed by atoms with Crippen LogP contribution in [0.1, 0.15) is 71.9 Å². The van der Waals surface area contributed by atoms with Gasteiger partial charge in [0.2, 0.25) is 40.1 Å². The normalized spacial score (nSPS) is 17.8. The van der Waals surface area contributed by atoms with Crippen molar-refractivity contribution in [2.75, 3.05) is 78.5 Å². The summed E-state index contributed by atoms with van der Waals surface area (Å²) < 4.78 is 123. The maximum Gasteiger partial charge on any atom is 0.243 e. The molecule has 7 rings (SSSR count). The zero-order valence-electron chi connectivity index (χ0n) is 45.7. The van der Waals surface area contributed by atoms with Crippen molar-refractivity contribution >= 4 is 40.1 Å². The maximum absolute atomic E-state index is 14.6. The fourth-order valence-corrected chi connectivity index (χ4v) is 15.9. The summed E-state index contributed by atoms with van der Waals surface area (Å²) in [5.74, 6) is 0. The van der Waals surface area contributed by atoms with Crippen molar-refractivity contribution in [3.05, 3.63) is 191 Å². The summed E-state index contributed by atoms with van der Waals surface area (Å²) in [4.78, 5) is 5.08. The van der Waals surface area contributed by atoms with E-state index in [1.807, 2.05) is 88.4 Å². The molecule has 78 heavy (non-hydrogen) atoms. The maximum atomic E-state index is 14.6. The minimum absolute atomic E-state index is 0.0722. The van der Waals surface area contributed by atoms with Gasteiger partial charge in [0.15, 0.2) is 0 Å². The minimum Gasteiger partial charge on any atom is -0.299 e. The summed E-state index contributed by atoms with van der Waals surface area (Å²) in [5.41, 5.74) is 5.79. The third-order valence-corrected chi connectivity index (χ3v) is 21.9. The minimum atomic E-state index is -4.01. The van der Waals surface area contributed by atoms with Crippen molar-refractivity contribution in [3.63, 3.8) is 0 Å². The molecule has 14 nitrogen and oxygen atoms in total. The molecule has 1 fully saturated rings. The Morgan fingerprint density at radius 3 is 0.667 bits per heavy atom. The molecule has 1 aliphatic heterocycles. The van der Waals surface area contributed by atoms with Crippen molar-refractivity contribution in [3.8, 4) is 0 Å². The van der Waals surface area contributed by atoms with Gasteiger partial charge in [-0.05, 0) is 152 Å². The highest BCUT2D eigenvalue weighted by Crippen LogP contribution is 2.24. The van der Waals surface area contributed by atoms with E-state index < -0.39 is 40.1 Å². The number of benzene rings is 6. The third-order valence-electron chi connectivity index (χ3n) is 14.3. The lowest BCUT2D eigenvalue weighted by Crippen LogP contribution is -2.40. The average molecular weight is 1140 g/mol. The molecule has 1 heterocycles. The van der Waals surface area contributed by atoms with Crippen molar-refractivity contribution in [2.24, 2.45) is 0 Å². The van der Waals surface area contributed by atoms with E-state index in [4.69, 9.17) is 0 Å². The summed E-state index contributed by atoms with van der Waals surface area (Å²) in [6.45, 7) is 11.6. The van der Waals surface area contributed by atoms with E-state index in [2.05, 4.69) is 9.80 Å². The van der Waals surface area contributed by atoms with Crippen LogP contribution in [0.5, 0.6) is 0 Å². The Balaban J connectivity index is 1.23. The second-order valence-electron chi connectivity index (χ2n) is 20.5. The first-order chi connectivity index (χ1) is 37.3. The molecule has 1 saturated heterocycles. The van der Waals surface area contributed by atoms with Crippen LogP contribution >= 0.6 is 0 Å². The molecule has 0 bridgehead atoms. The summed E-state index contributed by atoms with van der Waals surface area (Å²) >= 11 is 0. The van der Waals surface area contributed by atoms with E-state index >= 15 is 0 Å². The summed E-state index contributed by atoms with van der Waals surface area (Å²) in [6.07, 6.45) is 2.23. The number of hydrogen-bond donors (Lipinski definition) is 0. The molecule has 0 unspecified atom stereocenters. The first-order valence-electron chi connectivity index (χ1n) is 27.1. The highest BCUT2D eigenvalue weighted by Gasteiger charge is 2.30. The van der Waals surface area contributed by atoms with E-state index in [9.17, 15) is 33.7 Å². The van der Waals surface area contributed by atoms with E-state index in [0.717, 1.165) is 33.4 Å². The molecule has 1 aliphatic rings. The Morgan fingerprint density at radius 1 is 0.269 bits per heavy atom. The second-order valence-corrected chi connectivity index (χ2v) is 28.3. The molecule has 6 aromatic rings. The molecule has 6 aromatic carbocycles. The highest BCUT2D eigenvalue weighted by molar-refractivity contribution is 7.90. The molecule has 420 valence electrons. The number of hydrogen-bond acceptors (Lipinski definition) is 10. The molecule has 0 atom stereocenters. The zero-order chi connectivity index (χ0) is 55.8. The Kier molecular flexibility index (Phi) is 22.0. The van der Waals surface area contributed by atoms with Gasteiger partial charge >= 0.3 is 0 Å². The molecule has 0 aromatic heterocycles. The van der Waals surface area contributed by atoms with Crippen molar-refractivity contribution in [1.29, 1.82) is 0 Å². The van der Waals surface area contributed by atoms with Crippen LogP contribution in [0.15, 0.2) is 177 Å². The van der Waals surface area contributed by atoms with E-state index in [-0.39, 0.29) is 84.8 Å². The van der Waals surface area contributed by atoms with Gasteiger partial charge in [0.25, 0.3) is 0 Å². The lowest BCUT2D eigenvalue weighted by Gasteiger charge is -2.29. The van der Waals surface area contributed by atoms with Gasteiger partial charge in [-0.2, -0.15) is 17.2 Å². The van der Waals surface area contributed by atoms with Gasteiger partial charge in [0.1, 0.15) is 0 Å². The van der Waals surface area contributed by atoms with Crippen LogP contribution in [-0.4, -0.2) is 139 Å². The van der Waals surface area contributed by atoms with Gasteiger partial charge in [-0.3, -0.25) is 9.80 Å². The molecular weight excluding hydrogens is 1060 g/mol. The van der Waals surface area contributed by atoms with Crippen LogP contribution in [0.2, 0.25) is 0 Å². The first-order valence-corrected chi connectivity index (χ1v) is 32.9. The van der Waals surface area contributed by atoms with Crippen LogP contribution < -0.4 is 0 Å². The molecule has 18 heteroatoms. The van der Waals surface area contributed by atoms with Gasteiger partial charge < -0.3 is 0 Å². The van der Waals surface area contributed by atoms with Gasteiger partial charge in [-0.25, -0.2) is 33.7 Å². The third kappa shape index (κ3) is 17.0. The lowest BCUT2D eigenvalue weighted by atomic mass is 10.2. The predicted octanol–water partition coefficient (Wildman–Crippen LogP) is 9.34. The van der Waals surface area contributed by atoms with Crippen LogP contribution in [0.3, 0.4) is 0 Å². The van der Waals surface area contributed by atoms with E-state index in [1.165, 1.54) is 17.2 Å². The van der Waals surface area contributed by atoms with Crippen molar-refractivity contribution in [2.45, 2.75) is 98.9 Å². The van der Waals surface area contributed by atoms with E-state index in [1.54, 1.807) is 97.1 Å². The monoisotopic (exact) mass is 1140 g/mol. The fraction of sp³-hybridized carbons (Fsp3) is 0.400. The molecule has 0 spiro atoms. The Morgan fingerprint density at radius 2 is 0.462 bits per heavy atom. The summed E-state index contributed by atoms with van der Waals surface area (Å²) in [6, 6.07) is 47.0. The average Bonchev–Trinajstić information content (AvgIpc) is 3.43. The molecule has 0 saturated carbocycles. The Bertz CT molecular complexity index is 2860. The first kappa shape index (κ1) is 60.5. The standard InChI is InChI=1S/C60H78N6O8S4/c1-51-21-29-57(30-22-51)75(67,68)63-41-11-37-61(49-55-17-7-5-8-18-55)38-12-43-65(77(71,72)59-33-25-53(3)26-34-59)47-16-48-66(78(73,74)60-35-27-54(4)28-36-60)44-14-40-62(50-56-19-9-6-10-20-56)39-13-42-64(46-15-45-63)76(69,70)58-31-23-52(2)24-32-58/h5-10,17-36H,11-16,37-50H2,1-4H3. The van der Waals surface area contributed by atoms with Gasteiger partial charge in [0.05, 0.1) is 19.6 Å². The highest BCUT2D eigenvalue weighted by atomic mass is 32.2. The number of rotatable bonds is 12. The molecule has 0 aliphatic carbocycles. The Hall–Kier alpha value is -5.12. The van der Waals surface area contributed by atoms with Crippen LogP contribution in [0.4, 0.5) is 0 Å². The van der Waals surface area contributed by atoms with Crippen molar-refractivity contribution in [1.82, 2.24) is 27.0 Å². The van der Waals surface area contributed by atoms with Crippen LogP contribution in [0.25, 0.3) is 0 Å². The van der Waals surface area contributed by atoms with Gasteiger partial charge in [-0.1, -0.05) is 131 Å². The zero-order valence-corrected chi connectivity index (χ0v) is 49.0. The lowest BCUT2D eigenvalue weighted by molar-refractivity contribution is 0.231. The van der Waals surface area contributed by atoms with E-state index in [0.29, 0.717) is 65.0 Å². The quantitative estimate of drug-likeness (QED) is 0.116. The Labute approximate surface area is 466 Å². The molecule has 0 N–H and O–H groups in total. The smallest absolute Gasteiger partial charge is 0.243 e.